The van der Waals surface area contributed by atoms with Crippen molar-refractivity contribution in [3.8, 4) is 17.2 Å². The van der Waals surface area contributed by atoms with Crippen LogP contribution in [-0.2, 0) is 32.2 Å². The summed E-state index contributed by atoms with van der Waals surface area (Å²) in [5, 5.41) is 32.3. The molecule has 3 unspecified atom stereocenters. The van der Waals surface area contributed by atoms with Gasteiger partial charge in [-0.2, -0.15) is 0 Å². The number of nitrogens with zero attached hydrogens (tertiary/aromatic N) is 1. The van der Waals surface area contributed by atoms with Crippen molar-refractivity contribution in [3.63, 3.8) is 0 Å². The number of hydrogen-bond acceptors (Lipinski definition) is 9. The van der Waals surface area contributed by atoms with Crippen molar-refractivity contribution in [2.24, 2.45) is 0 Å². The van der Waals surface area contributed by atoms with Crippen LogP contribution in [0.1, 0.15) is 77.3 Å². The van der Waals surface area contributed by atoms with Gasteiger partial charge in [0.2, 0.25) is 5.75 Å². The minimum absolute atomic E-state index is 0.000844. The molecule has 0 aliphatic carbocycles. The molecule has 3 N–H and O–H groups in total. The number of aromatic hydroxyl groups is 2. The second-order valence-electron chi connectivity index (χ2n) is 10.8. The molecule has 2 aliphatic rings. The van der Waals surface area contributed by atoms with Gasteiger partial charge in [0.15, 0.2) is 11.5 Å². The van der Waals surface area contributed by atoms with Gasteiger partial charge in [-0.05, 0) is 77.5 Å². The highest BCUT2D eigenvalue weighted by Crippen LogP contribution is 2.45. The van der Waals surface area contributed by atoms with Crippen molar-refractivity contribution in [3.05, 3.63) is 40.5 Å². The first-order valence-electron chi connectivity index (χ1n) is 13.1. The van der Waals surface area contributed by atoms with Crippen LogP contribution in [0, 0.1) is 0 Å². The molecule has 0 saturated heterocycles. The predicted molar refractivity (Wildman–Crippen MR) is 142 cm³/mol. The Morgan fingerprint density at radius 2 is 1.87 bits per heavy atom. The zero-order valence-corrected chi connectivity index (χ0v) is 23.1. The van der Waals surface area contributed by atoms with Gasteiger partial charge in [0, 0.05) is 25.1 Å². The molecule has 2 aliphatic heterocycles. The summed E-state index contributed by atoms with van der Waals surface area (Å²) in [6.07, 6.45) is 6.18. The van der Waals surface area contributed by atoms with Crippen molar-refractivity contribution in [1.29, 1.82) is 0 Å². The Kier molecular flexibility index (Phi) is 9.84. The van der Waals surface area contributed by atoms with Gasteiger partial charge in [-0.15, -0.1) is 0 Å². The second-order valence-corrected chi connectivity index (χ2v) is 10.8. The summed E-state index contributed by atoms with van der Waals surface area (Å²) < 4.78 is 16.4. The van der Waals surface area contributed by atoms with E-state index in [-0.39, 0.29) is 49.8 Å². The van der Waals surface area contributed by atoms with Gasteiger partial charge in [0.1, 0.15) is 18.8 Å². The summed E-state index contributed by atoms with van der Waals surface area (Å²) in [6, 6.07) is 0.705. The van der Waals surface area contributed by atoms with Gasteiger partial charge in [-0.25, -0.2) is 0 Å². The van der Waals surface area contributed by atoms with E-state index in [9.17, 15) is 24.9 Å². The van der Waals surface area contributed by atoms with E-state index in [4.69, 9.17) is 14.2 Å². The lowest BCUT2D eigenvalue weighted by Gasteiger charge is -2.33. The highest BCUT2D eigenvalue weighted by atomic mass is 16.6. The summed E-state index contributed by atoms with van der Waals surface area (Å²) >= 11 is 0. The van der Waals surface area contributed by atoms with E-state index >= 15 is 0 Å². The molecule has 9 heteroatoms. The van der Waals surface area contributed by atoms with E-state index in [0.29, 0.717) is 24.0 Å². The summed E-state index contributed by atoms with van der Waals surface area (Å²) in [5.74, 6) is -1.37. The van der Waals surface area contributed by atoms with Gasteiger partial charge in [0.05, 0.1) is 12.7 Å². The minimum atomic E-state index is -1.27. The molecule has 0 amide bonds. The van der Waals surface area contributed by atoms with Crippen LogP contribution in [0.4, 0.5) is 0 Å². The normalized spacial score (nSPS) is 26.1. The number of aliphatic hydroxyl groups is 1. The first-order chi connectivity index (χ1) is 17.9. The third-order valence-corrected chi connectivity index (χ3v) is 7.27. The van der Waals surface area contributed by atoms with Crippen molar-refractivity contribution in [1.82, 2.24) is 4.90 Å². The van der Waals surface area contributed by atoms with Crippen LogP contribution in [0.2, 0.25) is 0 Å². The van der Waals surface area contributed by atoms with E-state index in [0.717, 1.165) is 24.0 Å². The number of methoxy groups -OCH3 is 1. The molecule has 1 aromatic carbocycles. The van der Waals surface area contributed by atoms with Gasteiger partial charge < -0.3 is 29.5 Å². The van der Waals surface area contributed by atoms with Gasteiger partial charge >= 0.3 is 11.9 Å². The number of ether oxygens (including phenoxy) is 3. The topological polar surface area (TPSA) is 126 Å². The van der Waals surface area contributed by atoms with Crippen molar-refractivity contribution in [2.75, 3.05) is 13.7 Å². The first kappa shape index (κ1) is 29.5. The monoisotopic (exact) mass is 531 g/mol. The number of hydrogen-bond donors (Lipinski definition) is 3. The van der Waals surface area contributed by atoms with Gasteiger partial charge in [0.25, 0.3) is 0 Å². The molecule has 0 saturated carbocycles. The molecule has 3 rings (SSSR count). The number of phenolic OH excluding ortho intramolecular Hbond substituents is 2. The average Bonchev–Trinajstić information content (AvgIpc) is 3.26. The molecule has 0 radical (unpaired) electrons. The Hall–Kier alpha value is -3.04. The van der Waals surface area contributed by atoms with Crippen molar-refractivity contribution < 1.29 is 39.1 Å². The molecule has 0 fully saturated rings. The molecule has 2 heterocycles. The predicted octanol–water partition coefficient (Wildman–Crippen LogP) is 4.26. The fourth-order valence-corrected chi connectivity index (χ4v) is 4.84. The molecular weight excluding hydrogens is 490 g/mol. The van der Waals surface area contributed by atoms with E-state index in [1.165, 1.54) is 13.2 Å². The standard InChI is InChI=1S/C29H41NO8/c1-18-7-6-8-19(2)13-14-37-27-23(31)15-20-16-30(17-21(20)26(27)33)22(10-12-25(32)36-5)28(34)38-24(11-9-18)29(3,4)35/h7,13,15,22,24,31,33,35H,6,8-12,14,16-17H2,1-5H3/b18-7+,19-13+. The van der Waals surface area contributed by atoms with Gasteiger partial charge in [-0.1, -0.05) is 17.2 Å². The first-order valence-corrected chi connectivity index (χ1v) is 13.1. The smallest absolute Gasteiger partial charge is 0.323 e. The Morgan fingerprint density at radius 3 is 2.55 bits per heavy atom. The lowest BCUT2D eigenvalue weighted by atomic mass is 9.95. The summed E-state index contributed by atoms with van der Waals surface area (Å²) in [6.45, 7) is 7.91. The Labute approximate surface area is 224 Å². The van der Waals surface area contributed by atoms with E-state index < -0.39 is 29.7 Å². The molecule has 0 aromatic heterocycles. The quantitative estimate of drug-likeness (QED) is 0.386. The van der Waals surface area contributed by atoms with Crippen LogP contribution >= 0.6 is 0 Å². The van der Waals surface area contributed by atoms with Crippen LogP contribution in [0.3, 0.4) is 0 Å². The Balaban J connectivity index is 1.98. The zero-order chi connectivity index (χ0) is 28.0. The van der Waals surface area contributed by atoms with Crippen molar-refractivity contribution >= 4 is 11.9 Å². The van der Waals surface area contributed by atoms with Crippen LogP contribution in [0.5, 0.6) is 17.2 Å². The minimum Gasteiger partial charge on any atom is -0.504 e. The number of cyclic esters (lactones) is 1. The number of carbonyl (C=O) groups excluding carboxylic acids is 2. The van der Waals surface area contributed by atoms with E-state index in [1.807, 2.05) is 19.9 Å². The largest absolute Gasteiger partial charge is 0.504 e. The fourth-order valence-electron chi connectivity index (χ4n) is 4.84. The van der Waals surface area contributed by atoms with Gasteiger partial charge in [-0.3, -0.25) is 14.5 Å². The number of rotatable bonds is 4. The Morgan fingerprint density at radius 1 is 1.16 bits per heavy atom. The van der Waals surface area contributed by atoms with E-state index in [2.05, 4.69) is 6.08 Å². The molecule has 1 aromatic rings. The lowest BCUT2D eigenvalue weighted by Crippen LogP contribution is -2.46. The maximum Gasteiger partial charge on any atom is 0.323 e. The highest BCUT2D eigenvalue weighted by Gasteiger charge is 2.38. The summed E-state index contributed by atoms with van der Waals surface area (Å²) in [4.78, 5) is 27.3. The van der Waals surface area contributed by atoms with Crippen molar-refractivity contribution in [2.45, 2.75) is 97.1 Å². The maximum absolute atomic E-state index is 13.5. The number of phenols is 2. The molecule has 210 valence electrons. The molecular formula is C29H41NO8. The number of benzene rings is 1. The molecule has 3 atom stereocenters. The second kappa shape index (κ2) is 12.7. The molecule has 3 bridgehead atoms. The van der Waals surface area contributed by atoms with E-state index in [1.54, 1.807) is 18.7 Å². The number of esters is 2. The van der Waals surface area contributed by atoms with Crippen LogP contribution in [-0.4, -0.2) is 63.6 Å². The maximum atomic E-state index is 13.5. The third kappa shape index (κ3) is 7.51. The molecule has 0 spiro atoms. The zero-order valence-electron chi connectivity index (χ0n) is 23.1. The summed E-state index contributed by atoms with van der Waals surface area (Å²) in [5.41, 5.74) is 2.19. The third-order valence-electron chi connectivity index (χ3n) is 7.27. The fraction of sp³-hybridized carbons (Fsp3) is 0.586. The lowest BCUT2D eigenvalue weighted by molar-refractivity contribution is -0.169. The molecule has 38 heavy (non-hydrogen) atoms. The SMILES string of the molecule is COC(=O)CCC1C(=O)OC(C(C)(C)O)CC/C(C)=C/CC/C(C)=C/COc2c(O)cc3c(c2O)CN1C3. The van der Waals surface area contributed by atoms with Crippen LogP contribution in [0.25, 0.3) is 0 Å². The van der Waals surface area contributed by atoms with Crippen LogP contribution < -0.4 is 4.74 Å². The van der Waals surface area contributed by atoms with Crippen LogP contribution in [0.15, 0.2) is 29.4 Å². The molecule has 9 nitrogen and oxygen atoms in total. The summed E-state index contributed by atoms with van der Waals surface area (Å²) in [7, 11) is 1.29. The average molecular weight is 532 g/mol. The number of allylic oxidation sites excluding steroid dienone is 3. The Bertz CT molecular complexity index is 1090. The number of fused-ring (bicyclic) bond motifs is 2. The highest BCUT2D eigenvalue weighted by molar-refractivity contribution is 5.78. The number of carbonyl (C=O) groups is 2.